The molecule has 2 N–H and O–H groups in total. The number of aromatic nitrogens is 3. The highest BCUT2D eigenvalue weighted by Crippen LogP contribution is 2.35. The van der Waals surface area contributed by atoms with E-state index in [1.807, 2.05) is 12.1 Å². The Balaban J connectivity index is 1.31. The van der Waals surface area contributed by atoms with E-state index in [2.05, 4.69) is 26.3 Å². The maximum atomic E-state index is 13.4. The van der Waals surface area contributed by atoms with Gasteiger partial charge in [0.25, 0.3) is 5.91 Å². The molecule has 4 heterocycles. The molecule has 0 aliphatic carbocycles. The number of carbonyl (C=O) groups is 1. The first-order valence-electron chi connectivity index (χ1n) is 12.4. The standard InChI is InChI=1S/C27H28N6O3S/c1-17(2)37(35,36)21-6-3-18(4-7-21)23-14-29-26-25(31-23)24(15-30-26)33-16-19-13-20(5-8-22(19)27(33)34)32-11-9-28-10-12-32/h3-8,13-15,17,28H,9-12,16H2,1-2H3,(H,29,30). The molecule has 6 rings (SSSR count). The van der Waals surface area contributed by atoms with E-state index in [-0.39, 0.29) is 10.8 Å². The van der Waals surface area contributed by atoms with Crippen molar-refractivity contribution in [2.45, 2.75) is 30.5 Å². The van der Waals surface area contributed by atoms with Crippen LogP contribution in [0.5, 0.6) is 0 Å². The summed E-state index contributed by atoms with van der Waals surface area (Å²) in [5.74, 6) is -0.0572. The van der Waals surface area contributed by atoms with Crippen molar-refractivity contribution in [3.8, 4) is 11.3 Å². The van der Waals surface area contributed by atoms with E-state index in [9.17, 15) is 13.2 Å². The first-order chi connectivity index (χ1) is 17.8. The number of nitrogens with zero attached hydrogens (tertiary/aromatic N) is 4. The predicted octanol–water partition coefficient (Wildman–Crippen LogP) is 3.38. The summed E-state index contributed by atoms with van der Waals surface area (Å²) < 4.78 is 24.9. The number of sulfone groups is 1. The fraction of sp³-hybridized carbons (Fsp3) is 0.296. The third-order valence-electron chi connectivity index (χ3n) is 7.13. The number of hydrogen-bond acceptors (Lipinski definition) is 7. The van der Waals surface area contributed by atoms with E-state index in [1.54, 1.807) is 55.4 Å². The van der Waals surface area contributed by atoms with Crippen molar-refractivity contribution in [3.05, 3.63) is 66.0 Å². The first kappa shape index (κ1) is 23.6. The molecule has 9 nitrogen and oxygen atoms in total. The van der Waals surface area contributed by atoms with Crippen LogP contribution in [-0.4, -0.2) is 60.7 Å². The zero-order valence-corrected chi connectivity index (χ0v) is 21.5. The molecule has 1 amide bonds. The van der Waals surface area contributed by atoms with Gasteiger partial charge in [-0.05, 0) is 49.7 Å². The highest BCUT2D eigenvalue weighted by molar-refractivity contribution is 7.92. The van der Waals surface area contributed by atoms with Crippen molar-refractivity contribution < 1.29 is 13.2 Å². The van der Waals surface area contributed by atoms with Gasteiger partial charge in [-0.3, -0.25) is 4.79 Å². The van der Waals surface area contributed by atoms with Crippen LogP contribution in [0.25, 0.3) is 22.4 Å². The number of aromatic amines is 1. The van der Waals surface area contributed by atoms with Gasteiger partial charge < -0.3 is 20.1 Å². The van der Waals surface area contributed by atoms with Gasteiger partial charge in [-0.2, -0.15) is 0 Å². The predicted molar refractivity (Wildman–Crippen MR) is 144 cm³/mol. The van der Waals surface area contributed by atoms with Crippen molar-refractivity contribution in [2.75, 3.05) is 36.0 Å². The number of rotatable bonds is 5. The monoisotopic (exact) mass is 516 g/mol. The lowest BCUT2D eigenvalue weighted by atomic mass is 10.1. The van der Waals surface area contributed by atoms with Gasteiger partial charge in [-0.25, -0.2) is 18.4 Å². The molecule has 2 aliphatic rings. The number of carbonyl (C=O) groups excluding carboxylic acids is 1. The lowest BCUT2D eigenvalue weighted by Crippen LogP contribution is -2.43. The minimum Gasteiger partial charge on any atom is -0.369 e. The van der Waals surface area contributed by atoms with Crippen molar-refractivity contribution in [2.24, 2.45) is 0 Å². The van der Waals surface area contributed by atoms with Crippen LogP contribution in [0, 0.1) is 0 Å². The Bertz CT molecular complexity index is 1610. The number of H-pyrrole nitrogens is 1. The normalized spacial score (nSPS) is 16.1. The summed E-state index contributed by atoms with van der Waals surface area (Å²) in [5.41, 5.74) is 6.06. The first-order valence-corrected chi connectivity index (χ1v) is 14.0. The molecule has 4 aromatic rings. The summed E-state index contributed by atoms with van der Waals surface area (Å²) in [6.07, 6.45) is 3.42. The largest absolute Gasteiger partial charge is 0.369 e. The smallest absolute Gasteiger partial charge is 0.259 e. The SMILES string of the molecule is CC(C)S(=O)(=O)c1ccc(-c2cnc3[nH]cc(N4Cc5cc(N6CCNCC6)ccc5C4=O)c3n2)cc1. The zero-order chi connectivity index (χ0) is 25.7. The molecule has 37 heavy (non-hydrogen) atoms. The Kier molecular flexibility index (Phi) is 5.73. The fourth-order valence-electron chi connectivity index (χ4n) is 4.93. The lowest BCUT2D eigenvalue weighted by molar-refractivity contribution is 0.0997. The van der Waals surface area contributed by atoms with E-state index < -0.39 is 15.1 Å². The number of amides is 1. The van der Waals surface area contributed by atoms with Crippen LogP contribution in [0.1, 0.15) is 29.8 Å². The van der Waals surface area contributed by atoms with Gasteiger partial charge >= 0.3 is 0 Å². The van der Waals surface area contributed by atoms with Crippen molar-refractivity contribution in [3.63, 3.8) is 0 Å². The number of fused-ring (bicyclic) bond motifs is 2. The maximum absolute atomic E-state index is 13.4. The Morgan fingerprint density at radius 2 is 1.78 bits per heavy atom. The molecule has 2 aromatic carbocycles. The average Bonchev–Trinajstić information content (AvgIpc) is 3.49. The summed E-state index contributed by atoms with van der Waals surface area (Å²) in [6, 6.07) is 12.8. The second-order valence-electron chi connectivity index (χ2n) is 9.71. The highest BCUT2D eigenvalue weighted by Gasteiger charge is 2.31. The third-order valence-corrected chi connectivity index (χ3v) is 9.30. The van der Waals surface area contributed by atoms with Crippen LogP contribution in [0.3, 0.4) is 0 Å². The molecule has 0 atom stereocenters. The molecule has 0 spiro atoms. The van der Waals surface area contributed by atoms with Gasteiger partial charge in [0.05, 0.1) is 34.3 Å². The molecule has 0 unspecified atom stereocenters. The van der Waals surface area contributed by atoms with Crippen LogP contribution in [-0.2, 0) is 16.4 Å². The van der Waals surface area contributed by atoms with Gasteiger partial charge in [0.1, 0.15) is 5.52 Å². The van der Waals surface area contributed by atoms with E-state index in [4.69, 9.17) is 4.98 Å². The number of benzene rings is 2. The van der Waals surface area contributed by atoms with Gasteiger partial charge in [-0.1, -0.05) is 12.1 Å². The highest BCUT2D eigenvalue weighted by atomic mass is 32.2. The Hall–Kier alpha value is -3.76. The molecule has 0 saturated carbocycles. The minimum absolute atomic E-state index is 0.0572. The topological polar surface area (TPSA) is 111 Å². The summed E-state index contributed by atoms with van der Waals surface area (Å²) in [5, 5.41) is 2.88. The second kappa shape index (κ2) is 8.97. The molecule has 0 radical (unpaired) electrons. The Labute approximate surface area is 215 Å². The number of hydrogen-bond donors (Lipinski definition) is 2. The van der Waals surface area contributed by atoms with Gasteiger partial charge in [0, 0.05) is 49.2 Å². The average molecular weight is 517 g/mol. The van der Waals surface area contributed by atoms with Crippen LogP contribution in [0.15, 0.2) is 59.8 Å². The van der Waals surface area contributed by atoms with E-state index >= 15 is 0 Å². The molecule has 2 aliphatic heterocycles. The summed E-state index contributed by atoms with van der Waals surface area (Å²) in [6.45, 7) is 7.60. The number of piperazine rings is 1. The van der Waals surface area contributed by atoms with Crippen molar-refractivity contribution in [1.29, 1.82) is 0 Å². The van der Waals surface area contributed by atoms with Crippen LogP contribution in [0.2, 0.25) is 0 Å². The molecule has 2 aromatic heterocycles. The Morgan fingerprint density at radius 1 is 1.03 bits per heavy atom. The van der Waals surface area contributed by atoms with E-state index in [0.717, 1.165) is 43.0 Å². The summed E-state index contributed by atoms with van der Waals surface area (Å²) in [7, 11) is -3.35. The molecular weight excluding hydrogens is 488 g/mol. The van der Waals surface area contributed by atoms with Crippen LogP contribution < -0.4 is 15.1 Å². The molecule has 1 fully saturated rings. The van der Waals surface area contributed by atoms with E-state index in [0.29, 0.717) is 34.7 Å². The molecule has 190 valence electrons. The second-order valence-corrected chi connectivity index (χ2v) is 12.2. The van der Waals surface area contributed by atoms with Crippen molar-refractivity contribution >= 4 is 38.3 Å². The number of nitrogens with one attached hydrogen (secondary N) is 2. The van der Waals surface area contributed by atoms with Gasteiger partial charge in [-0.15, -0.1) is 0 Å². The van der Waals surface area contributed by atoms with Crippen LogP contribution >= 0.6 is 0 Å². The lowest BCUT2D eigenvalue weighted by Gasteiger charge is -2.29. The molecule has 10 heteroatoms. The Morgan fingerprint density at radius 3 is 2.51 bits per heavy atom. The minimum atomic E-state index is -3.35. The maximum Gasteiger partial charge on any atom is 0.259 e. The zero-order valence-electron chi connectivity index (χ0n) is 20.7. The van der Waals surface area contributed by atoms with Gasteiger partial charge in [0.15, 0.2) is 15.5 Å². The van der Waals surface area contributed by atoms with Gasteiger partial charge in [0.2, 0.25) is 0 Å². The summed E-state index contributed by atoms with van der Waals surface area (Å²) >= 11 is 0. The summed E-state index contributed by atoms with van der Waals surface area (Å²) in [4.78, 5) is 30.2. The fourth-order valence-corrected chi connectivity index (χ4v) is 5.99. The molecule has 1 saturated heterocycles. The third kappa shape index (κ3) is 4.06. The van der Waals surface area contributed by atoms with E-state index in [1.165, 1.54) is 0 Å². The van der Waals surface area contributed by atoms with Crippen molar-refractivity contribution in [1.82, 2.24) is 20.3 Å². The molecular formula is C27H28N6O3S. The number of anilines is 2. The quantitative estimate of drug-likeness (QED) is 0.418. The molecule has 0 bridgehead atoms. The van der Waals surface area contributed by atoms with Crippen LogP contribution in [0.4, 0.5) is 11.4 Å².